The van der Waals surface area contributed by atoms with Crippen LogP contribution in [0, 0.1) is 0 Å². The summed E-state index contributed by atoms with van der Waals surface area (Å²) >= 11 is 12.6. The molecule has 1 aromatic heterocycles. The zero-order chi connectivity index (χ0) is 21.8. The molecule has 0 bridgehead atoms. The third-order valence-corrected chi connectivity index (χ3v) is 5.56. The highest BCUT2D eigenvalue weighted by Crippen LogP contribution is 2.40. The first-order chi connectivity index (χ1) is 14.9. The van der Waals surface area contributed by atoms with Gasteiger partial charge in [0.1, 0.15) is 18.5 Å². The maximum Gasteiger partial charge on any atom is 0.215 e. The third-order valence-electron chi connectivity index (χ3n) is 5.01. The van der Waals surface area contributed by atoms with Crippen molar-refractivity contribution >= 4 is 23.2 Å². The largest absolute Gasteiger partial charge is 0.491 e. The second kappa shape index (κ2) is 9.59. The Morgan fingerprint density at radius 1 is 1.19 bits per heavy atom. The molecule has 164 valence electrons. The van der Waals surface area contributed by atoms with Crippen molar-refractivity contribution < 1.29 is 14.2 Å². The molecular formula is C23H25Cl2N3O3. The maximum absolute atomic E-state index is 6.51. The monoisotopic (exact) mass is 461 g/mol. The highest BCUT2D eigenvalue weighted by Gasteiger charge is 2.45. The molecule has 2 atom stereocenters. The summed E-state index contributed by atoms with van der Waals surface area (Å²) < 4.78 is 20.5. The van der Waals surface area contributed by atoms with Gasteiger partial charge in [0.15, 0.2) is 0 Å². The molecule has 4 rings (SSSR count). The van der Waals surface area contributed by atoms with Crippen molar-refractivity contribution in [3.05, 3.63) is 82.4 Å². The quantitative estimate of drug-likeness (QED) is 0.490. The second-order valence-corrected chi connectivity index (χ2v) is 8.70. The molecule has 1 fully saturated rings. The number of halogens is 2. The summed E-state index contributed by atoms with van der Waals surface area (Å²) in [6, 6.07) is 13.4. The second-order valence-electron chi connectivity index (χ2n) is 7.86. The van der Waals surface area contributed by atoms with Gasteiger partial charge in [-0.2, -0.15) is 0 Å². The number of rotatable bonds is 8. The fourth-order valence-corrected chi connectivity index (χ4v) is 4.17. The third kappa shape index (κ3) is 5.40. The van der Waals surface area contributed by atoms with E-state index < -0.39 is 5.79 Å². The highest BCUT2D eigenvalue weighted by molar-refractivity contribution is 6.35. The van der Waals surface area contributed by atoms with Gasteiger partial charge in [-0.3, -0.25) is 0 Å². The van der Waals surface area contributed by atoms with Crippen LogP contribution in [0.25, 0.3) is 0 Å². The summed E-state index contributed by atoms with van der Waals surface area (Å²) in [5.41, 5.74) is 1.96. The van der Waals surface area contributed by atoms with Crippen LogP contribution < -0.4 is 4.74 Å². The van der Waals surface area contributed by atoms with Crippen LogP contribution in [0.15, 0.2) is 61.2 Å². The molecule has 1 aliphatic rings. The highest BCUT2D eigenvalue weighted by atomic mass is 35.5. The van der Waals surface area contributed by atoms with E-state index in [0.717, 1.165) is 17.9 Å². The number of nitrogens with zero attached hydrogens (tertiary/aromatic N) is 3. The van der Waals surface area contributed by atoms with Gasteiger partial charge >= 0.3 is 0 Å². The van der Waals surface area contributed by atoms with Crippen LogP contribution in [0.3, 0.4) is 0 Å². The van der Waals surface area contributed by atoms with Crippen molar-refractivity contribution in [2.24, 2.45) is 0 Å². The summed E-state index contributed by atoms with van der Waals surface area (Å²) in [6.45, 7) is 2.04. The summed E-state index contributed by atoms with van der Waals surface area (Å²) in [5.74, 6) is -0.255. The molecule has 0 saturated carbocycles. The van der Waals surface area contributed by atoms with Gasteiger partial charge in [-0.05, 0) is 43.9 Å². The lowest BCUT2D eigenvalue weighted by molar-refractivity contribution is -0.189. The molecule has 0 amide bonds. The van der Waals surface area contributed by atoms with E-state index in [1.54, 1.807) is 24.7 Å². The topological polar surface area (TPSA) is 48.8 Å². The molecule has 1 aliphatic heterocycles. The Morgan fingerprint density at radius 2 is 2.00 bits per heavy atom. The number of benzene rings is 2. The first-order valence-corrected chi connectivity index (χ1v) is 10.8. The number of hydrogen-bond acceptors (Lipinski definition) is 5. The van der Waals surface area contributed by atoms with Crippen LogP contribution in [-0.4, -0.2) is 47.9 Å². The molecule has 0 spiro atoms. The average Bonchev–Trinajstić information content (AvgIpc) is 3.38. The average molecular weight is 462 g/mol. The number of imidazole rings is 1. The molecule has 2 aromatic carbocycles. The van der Waals surface area contributed by atoms with Gasteiger partial charge in [0.05, 0.1) is 24.5 Å². The normalized spacial score (nSPS) is 21.0. The van der Waals surface area contributed by atoms with E-state index in [4.69, 9.17) is 37.4 Å². The molecule has 2 heterocycles. The zero-order valence-electron chi connectivity index (χ0n) is 17.5. The van der Waals surface area contributed by atoms with Crippen molar-refractivity contribution in [1.82, 2.24) is 14.5 Å². The van der Waals surface area contributed by atoms with Gasteiger partial charge in [-0.1, -0.05) is 41.4 Å². The predicted octanol–water partition coefficient (Wildman–Crippen LogP) is 4.60. The van der Waals surface area contributed by atoms with E-state index in [-0.39, 0.29) is 6.10 Å². The maximum atomic E-state index is 6.51. The van der Waals surface area contributed by atoms with Gasteiger partial charge in [-0.15, -0.1) is 0 Å². The molecular weight excluding hydrogens is 437 g/mol. The molecule has 0 N–H and O–H groups in total. The Bertz CT molecular complexity index is 996. The Kier molecular flexibility index (Phi) is 6.84. The molecule has 3 aromatic rings. The molecule has 2 unspecified atom stereocenters. The predicted molar refractivity (Wildman–Crippen MR) is 121 cm³/mol. The minimum Gasteiger partial charge on any atom is -0.491 e. The van der Waals surface area contributed by atoms with E-state index in [2.05, 4.69) is 22.0 Å². The van der Waals surface area contributed by atoms with Crippen molar-refractivity contribution in [3.63, 3.8) is 0 Å². The van der Waals surface area contributed by atoms with E-state index in [0.29, 0.717) is 29.8 Å². The lowest BCUT2D eigenvalue weighted by Crippen LogP contribution is -2.34. The van der Waals surface area contributed by atoms with Crippen LogP contribution >= 0.6 is 23.2 Å². The first kappa shape index (κ1) is 22.1. The summed E-state index contributed by atoms with van der Waals surface area (Å²) in [6.07, 6.45) is 5.04. The summed E-state index contributed by atoms with van der Waals surface area (Å²) in [4.78, 5) is 6.24. The van der Waals surface area contributed by atoms with Crippen molar-refractivity contribution in [3.8, 4) is 5.75 Å². The van der Waals surface area contributed by atoms with E-state index in [1.807, 2.05) is 43.1 Å². The van der Waals surface area contributed by atoms with Crippen molar-refractivity contribution in [2.45, 2.75) is 25.0 Å². The van der Waals surface area contributed by atoms with E-state index in [1.165, 1.54) is 5.56 Å². The standard InChI is InChI=1S/C23H25Cl2N3O3/c1-27(2)12-17-3-6-19(7-4-17)29-13-20-14-30-23(31-20,15-28-10-9-26-16-28)21-8-5-18(24)11-22(21)25/h3-11,16,20H,12-15H2,1-2H3. The fourth-order valence-electron chi connectivity index (χ4n) is 3.62. The van der Waals surface area contributed by atoms with Crippen molar-refractivity contribution in [1.29, 1.82) is 0 Å². The lowest BCUT2D eigenvalue weighted by Gasteiger charge is -2.30. The fraction of sp³-hybridized carbons (Fsp3) is 0.348. The van der Waals surface area contributed by atoms with Crippen LogP contribution in [0.4, 0.5) is 0 Å². The van der Waals surface area contributed by atoms with Crippen molar-refractivity contribution in [2.75, 3.05) is 27.3 Å². The summed E-state index contributed by atoms with van der Waals surface area (Å²) in [7, 11) is 4.09. The molecule has 6 nitrogen and oxygen atoms in total. The Hall–Kier alpha value is -2.09. The van der Waals surface area contributed by atoms with Gasteiger partial charge in [-0.25, -0.2) is 4.98 Å². The first-order valence-electron chi connectivity index (χ1n) is 10.0. The molecule has 8 heteroatoms. The number of hydrogen-bond donors (Lipinski definition) is 0. The van der Waals surface area contributed by atoms with Gasteiger partial charge in [0.2, 0.25) is 5.79 Å². The van der Waals surface area contributed by atoms with Crippen LogP contribution in [-0.2, 0) is 28.4 Å². The molecule has 1 saturated heterocycles. The number of ether oxygens (including phenoxy) is 3. The van der Waals surface area contributed by atoms with Gasteiger partial charge < -0.3 is 23.7 Å². The Balaban J connectivity index is 1.46. The number of aromatic nitrogens is 2. The van der Waals surface area contributed by atoms with Crippen LogP contribution in [0.5, 0.6) is 5.75 Å². The molecule has 31 heavy (non-hydrogen) atoms. The summed E-state index contributed by atoms with van der Waals surface area (Å²) in [5, 5.41) is 1.05. The SMILES string of the molecule is CN(C)Cc1ccc(OCC2COC(Cn3ccnc3)(c3ccc(Cl)cc3Cl)O2)cc1. The van der Waals surface area contributed by atoms with Gasteiger partial charge in [0.25, 0.3) is 0 Å². The molecule has 0 radical (unpaired) electrons. The van der Waals surface area contributed by atoms with Gasteiger partial charge in [0, 0.05) is 29.5 Å². The Labute approximate surface area is 192 Å². The molecule has 0 aliphatic carbocycles. The minimum absolute atomic E-state index is 0.253. The zero-order valence-corrected chi connectivity index (χ0v) is 19.0. The van der Waals surface area contributed by atoms with Crippen LogP contribution in [0.1, 0.15) is 11.1 Å². The smallest absolute Gasteiger partial charge is 0.215 e. The van der Waals surface area contributed by atoms with Crippen LogP contribution in [0.2, 0.25) is 10.0 Å². The minimum atomic E-state index is -1.05. The van der Waals surface area contributed by atoms with E-state index >= 15 is 0 Å². The van der Waals surface area contributed by atoms with E-state index in [9.17, 15) is 0 Å². The Morgan fingerprint density at radius 3 is 2.68 bits per heavy atom. The lowest BCUT2D eigenvalue weighted by atomic mass is 10.1.